The average molecular weight is 469 g/mol. The van der Waals surface area contributed by atoms with Gasteiger partial charge in [0.25, 0.3) is 5.78 Å². The highest BCUT2D eigenvalue weighted by Gasteiger charge is 2.19. The van der Waals surface area contributed by atoms with Gasteiger partial charge in [-0.25, -0.2) is 4.98 Å². The van der Waals surface area contributed by atoms with Gasteiger partial charge in [0.1, 0.15) is 12.7 Å². The fourth-order valence-corrected chi connectivity index (χ4v) is 4.05. The number of hydrogen-bond acceptors (Lipinski definition) is 8. The number of aromatic nitrogens is 5. The van der Waals surface area contributed by atoms with Gasteiger partial charge in [0, 0.05) is 49.3 Å². The van der Waals surface area contributed by atoms with Crippen molar-refractivity contribution in [2.75, 3.05) is 36.4 Å². The van der Waals surface area contributed by atoms with Crippen molar-refractivity contribution in [1.29, 1.82) is 0 Å². The number of anilines is 3. The quantitative estimate of drug-likeness (QED) is 0.477. The first kappa shape index (κ1) is 19.0. The van der Waals surface area contributed by atoms with E-state index in [-0.39, 0.29) is 0 Å². The van der Waals surface area contributed by atoms with E-state index >= 15 is 0 Å². The summed E-state index contributed by atoms with van der Waals surface area (Å²) in [5.41, 5.74) is 1.32. The Labute approximate surface area is 181 Å². The molecule has 9 nitrogen and oxygen atoms in total. The van der Waals surface area contributed by atoms with Gasteiger partial charge in [-0.1, -0.05) is 34.1 Å². The molecule has 1 N–H and O–H groups in total. The number of furan rings is 1. The Kier molecular flexibility index (Phi) is 5.33. The lowest BCUT2D eigenvalue weighted by Gasteiger charge is -2.22. The van der Waals surface area contributed by atoms with Crippen molar-refractivity contribution in [3.8, 4) is 0 Å². The number of halogens is 1. The Hall–Kier alpha value is -2.98. The molecule has 4 heterocycles. The molecule has 1 saturated heterocycles. The lowest BCUT2D eigenvalue weighted by Crippen LogP contribution is -2.30. The minimum atomic E-state index is 0.483. The molecule has 30 heavy (non-hydrogen) atoms. The van der Waals surface area contributed by atoms with E-state index in [1.165, 1.54) is 27.2 Å². The monoisotopic (exact) mass is 468 g/mol. The van der Waals surface area contributed by atoms with Crippen LogP contribution in [0.4, 0.5) is 17.7 Å². The minimum Gasteiger partial charge on any atom is -0.425 e. The van der Waals surface area contributed by atoms with Gasteiger partial charge in [-0.3, -0.25) is 10.2 Å². The van der Waals surface area contributed by atoms with Crippen molar-refractivity contribution in [2.24, 2.45) is 0 Å². The van der Waals surface area contributed by atoms with Crippen LogP contribution < -0.4 is 10.2 Å². The molecule has 1 aliphatic heterocycles. The zero-order valence-electron chi connectivity index (χ0n) is 16.3. The van der Waals surface area contributed by atoms with Crippen LogP contribution in [0.3, 0.4) is 0 Å². The summed E-state index contributed by atoms with van der Waals surface area (Å²) in [6, 6.07) is 12.3. The Morgan fingerprint density at radius 1 is 0.967 bits per heavy atom. The first-order valence-electron chi connectivity index (χ1n) is 9.84. The van der Waals surface area contributed by atoms with Gasteiger partial charge in [0.05, 0.1) is 0 Å². The van der Waals surface area contributed by atoms with Crippen molar-refractivity contribution in [3.63, 3.8) is 0 Å². The number of hydrogen-bond donors (Lipinski definition) is 1. The molecule has 0 amide bonds. The summed E-state index contributed by atoms with van der Waals surface area (Å²) in [6.45, 7) is 4.87. The first-order chi connectivity index (χ1) is 14.8. The second-order valence-corrected chi connectivity index (χ2v) is 7.99. The summed E-state index contributed by atoms with van der Waals surface area (Å²) >= 11 is 3.66. The largest absolute Gasteiger partial charge is 0.425 e. The van der Waals surface area contributed by atoms with Crippen LogP contribution in [0.1, 0.15) is 12.0 Å². The van der Waals surface area contributed by atoms with Gasteiger partial charge >= 0.3 is 0 Å². The molecule has 1 fully saturated rings. The van der Waals surface area contributed by atoms with Crippen LogP contribution in [0.15, 0.2) is 57.9 Å². The Morgan fingerprint density at radius 2 is 1.87 bits per heavy atom. The Bertz CT molecular complexity index is 1140. The van der Waals surface area contributed by atoms with Crippen LogP contribution >= 0.6 is 15.9 Å². The number of nitrogens with one attached hydrogen (secondary N) is 1. The zero-order valence-corrected chi connectivity index (χ0v) is 17.9. The van der Waals surface area contributed by atoms with E-state index in [4.69, 9.17) is 4.42 Å². The molecule has 1 aliphatic rings. The van der Waals surface area contributed by atoms with E-state index in [9.17, 15) is 0 Å². The maximum Gasteiger partial charge on any atom is 0.256 e. The summed E-state index contributed by atoms with van der Waals surface area (Å²) in [4.78, 5) is 17.1. The number of nitrogens with zero attached hydrogens (tertiary/aromatic N) is 7. The van der Waals surface area contributed by atoms with E-state index in [1.54, 1.807) is 0 Å². The molecular weight excluding hydrogens is 448 g/mol. The predicted octanol–water partition coefficient (Wildman–Crippen LogP) is 3.33. The topological polar surface area (TPSA) is 87.6 Å². The molecule has 154 valence electrons. The van der Waals surface area contributed by atoms with Crippen LogP contribution in [-0.4, -0.2) is 55.6 Å². The molecule has 0 bridgehead atoms. The van der Waals surface area contributed by atoms with Crippen LogP contribution in [0.5, 0.6) is 0 Å². The lowest BCUT2D eigenvalue weighted by molar-refractivity contribution is 0.284. The molecule has 10 heteroatoms. The molecule has 1 aromatic carbocycles. The molecule has 5 rings (SSSR count). The highest BCUT2D eigenvalue weighted by Crippen LogP contribution is 2.26. The third kappa shape index (κ3) is 4.01. The van der Waals surface area contributed by atoms with Crippen molar-refractivity contribution in [3.05, 3.63) is 59.1 Å². The third-order valence-corrected chi connectivity index (χ3v) is 5.94. The Morgan fingerprint density at radius 3 is 2.80 bits per heavy atom. The number of rotatable bonds is 5. The molecule has 3 aromatic heterocycles. The van der Waals surface area contributed by atoms with E-state index in [1.807, 2.05) is 12.1 Å². The summed E-state index contributed by atoms with van der Waals surface area (Å²) in [5.74, 6) is 2.45. The zero-order chi connectivity index (χ0) is 20.3. The highest BCUT2D eigenvalue weighted by molar-refractivity contribution is 9.10. The lowest BCUT2D eigenvalue weighted by atomic mass is 10.2. The number of fused-ring (bicyclic) bond motifs is 1. The van der Waals surface area contributed by atoms with Crippen molar-refractivity contribution >= 4 is 39.4 Å². The van der Waals surface area contributed by atoms with Gasteiger partial charge in [-0.2, -0.15) is 19.6 Å². The summed E-state index contributed by atoms with van der Waals surface area (Å²) in [7, 11) is 0. The molecule has 0 aliphatic carbocycles. The fraction of sp³-hybridized carbons (Fsp3) is 0.300. The summed E-state index contributed by atoms with van der Waals surface area (Å²) in [5, 5.41) is 7.29. The van der Waals surface area contributed by atoms with Crippen molar-refractivity contribution < 1.29 is 4.42 Å². The normalized spacial score (nSPS) is 15.4. The summed E-state index contributed by atoms with van der Waals surface area (Å²) < 4.78 is 8.75. The van der Waals surface area contributed by atoms with E-state index < -0.39 is 0 Å². The van der Waals surface area contributed by atoms with Crippen LogP contribution in [0.2, 0.25) is 0 Å². The smallest absolute Gasteiger partial charge is 0.256 e. The van der Waals surface area contributed by atoms with E-state index in [0.29, 0.717) is 17.6 Å². The van der Waals surface area contributed by atoms with Gasteiger partial charge in [-0.15, -0.1) is 0 Å². The van der Waals surface area contributed by atoms with Crippen molar-refractivity contribution in [2.45, 2.75) is 13.0 Å². The predicted molar refractivity (Wildman–Crippen MR) is 117 cm³/mol. The van der Waals surface area contributed by atoms with Gasteiger partial charge in [0.2, 0.25) is 11.8 Å². The third-order valence-electron chi connectivity index (χ3n) is 5.16. The second kappa shape index (κ2) is 8.41. The maximum atomic E-state index is 6.05. The first-order valence-corrected chi connectivity index (χ1v) is 10.6. The second-order valence-electron chi connectivity index (χ2n) is 7.14. The van der Waals surface area contributed by atoms with E-state index in [2.05, 4.69) is 75.4 Å². The van der Waals surface area contributed by atoms with Crippen molar-refractivity contribution in [1.82, 2.24) is 29.5 Å². The van der Waals surface area contributed by atoms with Crippen LogP contribution in [0.25, 0.3) is 5.78 Å². The van der Waals surface area contributed by atoms with Crippen LogP contribution in [-0.2, 0) is 6.54 Å². The molecule has 0 spiro atoms. The minimum absolute atomic E-state index is 0.483. The van der Waals surface area contributed by atoms with E-state index in [0.717, 1.165) is 45.0 Å². The SMILES string of the molecule is Brc1ccccc1CN1CCCN(c2ccc(Nc3ncnc4ncnn34)o2)CC1. The molecule has 0 saturated carbocycles. The van der Waals surface area contributed by atoms with Gasteiger partial charge in [0.15, 0.2) is 5.88 Å². The summed E-state index contributed by atoms with van der Waals surface area (Å²) in [6.07, 6.45) is 3.98. The standard InChI is InChI=1S/C20H21BrN8O/c21-16-5-2-1-4-15(16)12-27-8-3-9-28(11-10-27)18-7-6-17(30-18)26-20-23-13-22-19-24-14-25-29(19)20/h1-2,4-7,13-14H,3,8-12H2,(H,22,23,24,25,26). The molecule has 0 atom stereocenters. The Balaban J connectivity index is 1.24. The molecular formula is C20H21BrN8O. The van der Waals surface area contributed by atoms with Gasteiger partial charge in [-0.05, 0) is 18.1 Å². The average Bonchev–Trinajstić information content (AvgIpc) is 3.36. The van der Waals surface area contributed by atoms with Crippen LogP contribution in [0, 0.1) is 0 Å². The molecule has 0 unspecified atom stereocenters. The van der Waals surface area contributed by atoms with Gasteiger partial charge < -0.3 is 9.32 Å². The maximum absolute atomic E-state index is 6.05. The molecule has 4 aromatic rings. The number of benzene rings is 1. The molecule has 0 radical (unpaired) electrons. The fourth-order valence-electron chi connectivity index (χ4n) is 3.64. The highest BCUT2D eigenvalue weighted by atomic mass is 79.9.